The monoisotopic (exact) mass is 1310 g/mol. The van der Waals surface area contributed by atoms with Crippen molar-refractivity contribution in [2.24, 2.45) is 35.1 Å². The zero-order valence-electron chi connectivity index (χ0n) is 54.9. The Balaban J connectivity index is 1.17. The summed E-state index contributed by atoms with van der Waals surface area (Å²) in [6, 6.07) is -2.79. The summed E-state index contributed by atoms with van der Waals surface area (Å²) in [6.45, 7) is 18.3. The highest BCUT2D eigenvalue weighted by Crippen LogP contribution is 2.68. The number of amides is 9. The van der Waals surface area contributed by atoms with Crippen LogP contribution >= 0.6 is 23.5 Å². The number of aliphatic hydroxyl groups excluding tert-OH is 2. The van der Waals surface area contributed by atoms with Gasteiger partial charge in [0, 0.05) is 19.5 Å². The van der Waals surface area contributed by atoms with Crippen LogP contribution in [0.2, 0.25) is 0 Å². The van der Waals surface area contributed by atoms with Crippen LogP contribution in [0.3, 0.4) is 0 Å². The van der Waals surface area contributed by atoms with E-state index in [0.29, 0.717) is 29.7 Å². The van der Waals surface area contributed by atoms with Gasteiger partial charge in [0.2, 0.25) is 47.3 Å². The van der Waals surface area contributed by atoms with Gasteiger partial charge in [-0.25, -0.2) is 0 Å². The van der Waals surface area contributed by atoms with Crippen molar-refractivity contribution in [3.63, 3.8) is 0 Å². The average Bonchev–Trinajstić information content (AvgIpc) is 1.52. The molecule has 1 saturated carbocycles. The molecule has 23 nitrogen and oxygen atoms in total. The summed E-state index contributed by atoms with van der Waals surface area (Å²) in [7, 11) is 0. The van der Waals surface area contributed by atoms with E-state index in [1.807, 2.05) is 19.1 Å². The van der Waals surface area contributed by atoms with Crippen LogP contribution in [-0.4, -0.2) is 181 Å². The number of hydrogen-bond donors (Lipinski definition) is 11. The summed E-state index contributed by atoms with van der Waals surface area (Å²) in [5.41, 5.74) is 16.6. The van der Waals surface area contributed by atoms with Gasteiger partial charge in [-0.1, -0.05) is 85.7 Å². The third-order valence-electron chi connectivity index (χ3n) is 19.4. The van der Waals surface area contributed by atoms with Crippen LogP contribution in [0.5, 0.6) is 0 Å². The van der Waals surface area contributed by atoms with Gasteiger partial charge in [0.1, 0.15) is 48.3 Å². The first-order chi connectivity index (χ1) is 43.6. The van der Waals surface area contributed by atoms with Crippen molar-refractivity contribution >= 4 is 82.5 Å². The highest BCUT2D eigenvalue weighted by molar-refractivity contribution is 8.10. The van der Waals surface area contributed by atoms with E-state index in [2.05, 4.69) is 44.1 Å². The molecule has 8 rings (SSSR count). The Labute approximate surface area is 548 Å². The van der Waals surface area contributed by atoms with E-state index in [1.165, 1.54) is 33.3 Å². The first kappa shape index (κ1) is 71.5. The molecule has 1 aromatic rings. The Kier molecular flexibility index (Phi) is 23.6. The number of ketones is 1. The lowest BCUT2D eigenvalue weighted by molar-refractivity contribution is -0.143. The summed E-state index contributed by atoms with van der Waals surface area (Å²) in [5, 5.41) is 43.1. The number of nitrogens with two attached hydrogens (primary N) is 2. The maximum atomic E-state index is 15.2. The van der Waals surface area contributed by atoms with Gasteiger partial charge in [-0.3, -0.25) is 47.9 Å². The number of hydrogen-bond acceptors (Lipinski definition) is 16. The number of thioether (sulfide) groups is 2. The van der Waals surface area contributed by atoms with Crippen molar-refractivity contribution in [3.8, 4) is 0 Å². The molecule has 0 spiro atoms. The van der Waals surface area contributed by atoms with Gasteiger partial charge < -0.3 is 68.7 Å². The van der Waals surface area contributed by atoms with Crippen molar-refractivity contribution in [2.45, 2.75) is 222 Å². The van der Waals surface area contributed by atoms with E-state index in [1.54, 1.807) is 85.7 Å². The highest BCUT2D eigenvalue weighted by atomic mass is 32.2. The minimum Gasteiger partial charge on any atom is -0.390 e. The van der Waals surface area contributed by atoms with Crippen LogP contribution in [0.25, 0.3) is 0 Å². The summed E-state index contributed by atoms with van der Waals surface area (Å²) in [5.74, 6) is -9.06. The fraction of sp³-hybridized carbons (Fsp3) is 0.642. The maximum Gasteiger partial charge on any atom is 0.258 e. The van der Waals surface area contributed by atoms with Crippen LogP contribution in [0.15, 0.2) is 74.6 Å². The van der Waals surface area contributed by atoms with E-state index in [9.17, 15) is 48.6 Å². The predicted molar refractivity (Wildman–Crippen MR) is 352 cm³/mol. The Hall–Kier alpha value is -6.38. The second kappa shape index (κ2) is 30.4. The zero-order valence-corrected chi connectivity index (χ0v) is 56.5. The molecule has 92 heavy (non-hydrogen) atoms. The molecule has 1 aromatic carbocycles. The van der Waals surface area contributed by atoms with Gasteiger partial charge in [0.15, 0.2) is 5.78 Å². The highest BCUT2D eigenvalue weighted by Gasteiger charge is 2.61. The summed E-state index contributed by atoms with van der Waals surface area (Å²) in [6.07, 6.45) is 5.02. The van der Waals surface area contributed by atoms with Gasteiger partial charge >= 0.3 is 0 Å². The number of carbonyl (C=O) groups is 10. The molecule has 4 bridgehead atoms. The van der Waals surface area contributed by atoms with Crippen molar-refractivity contribution < 1.29 is 58.2 Å². The minimum absolute atomic E-state index is 0.00364. The number of aliphatic hydroxyl groups is 2. The Morgan fingerprint density at radius 3 is 1.48 bits per heavy atom. The molecule has 13 atom stereocenters. The van der Waals surface area contributed by atoms with Crippen molar-refractivity contribution in [2.75, 3.05) is 26.2 Å². The molecule has 2 aliphatic carbocycles. The molecule has 3 saturated heterocycles. The SMILES string of the molecule is CC(C)[C@@H]1NC(=O)[C@H](CCCN)NC(=O)[C@H]([C@H](O)C(C)C)NC(=O)C2=CC3=C4CCCC4=C4C=C(S[C@]4(C)[C@@]3(C)S2)C(=O)[C@H]2CCCN2C(=O)[C@H](C(C)C)NC(=O)[C@H](CCCN)NC(=O)[C@H]([C@H](O)C(C)C)NC(=O)[C@@H]2CCCN2C(=O)[C@@H](Cc2ccccc2)NC1=O. The lowest BCUT2D eigenvalue weighted by atomic mass is 9.72. The maximum absolute atomic E-state index is 15.2. The number of carbonyl (C=O) groups excluding carboxylic acids is 10. The molecule has 7 aliphatic rings. The Bertz CT molecular complexity index is 3150. The first-order valence-electron chi connectivity index (χ1n) is 32.9. The van der Waals surface area contributed by atoms with E-state index in [4.69, 9.17) is 11.5 Å². The Morgan fingerprint density at radius 1 is 0.522 bits per heavy atom. The third kappa shape index (κ3) is 15.1. The van der Waals surface area contributed by atoms with Gasteiger partial charge in [-0.05, 0) is 161 Å². The van der Waals surface area contributed by atoms with Gasteiger partial charge in [-0.2, -0.15) is 0 Å². The largest absolute Gasteiger partial charge is 0.390 e. The smallest absolute Gasteiger partial charge is 0.258 e. The fourth-order valence-corrected chi connectivity index (χ4v) is 16.8. The van der Waals surface area contributed by atoms with Crippen LogP contribution in [-0.2, 0) is 54.4 Å². The lowest BCUT2D eigenvalue weighted by Gasteiger charge is -2.47. The number of rotatable bonds is 14. The molecule has 4 fully saturated rings. The molecule has 5 heterocycles. The number of fused-ring (bicyclic) bond motifs is 5. The van der Waals surface area contributed by atoms with Crippen LogP contribution < -0.4 is 48.7 Å². The normalized spacial score (nSPS) is 30.8. The summed E-state index contributed by atoms with van der Waals surface area (Å²) in [4.78, 5) is 152. The predicted octanol–water partition coefficient (Wildman–Crippen LogP) is 2.58. The fourth-order valence-electron chi connectivity index (χ4n) is 13.7. The van der Waals surface area contributed by atoms with Crippen LogP contribution in [0, 0.1) is 23.7 Å². The third-order valence-corrected chi connectivity index (χ3v) is 22.6. The van der Waals surface area contributed by atoms with Crippen molar-refractivity contribution in [1.82, 2.24) is 47.0 Å². The van der Waals surface area contributed by atoms with Crippen LogP contribution in [0.4, 0.5) is 0 Å². The topological polar surface area (TPSA) is 354 Å². The molecule has 13 N–H and O–H groups in total. The quantitative estimate of drug-likeness (QED) is 0.128. The number of Topliss-reactive ketones (excluding diaryl/α,β-unsaturated/α-hetero) is 1. The van der Waals surface area contributed by atoms with Crippen LogP contribution in [0.1, 0.15) is 145 Å². The first-order valence-corrected chi connectivity index (χ1v) is 34.6. The van der Waals surface area contributed by atoms with E-state index < -0.39 is 153 Å². The van der Waals surface area contributed by atoms with E-state index in [-0.39, 0.29) is 75.4 Å². The average molecular weight is 1310 g/mol. The molecule has 5 aliphatic heterocycles. The van der Waals surface area contributed by atoms with Gasteiger partial charge in [0.05, 0.1) is 37.6 Å². The van der Waals surface area contributed by atoms with E-state index in [0.717, 1.165) is 41.6 Å². The number of nitrogens with one attached hydrogen (secondary N) is 7. The summed E-state index contributed by atoms with van der Waals surface area (Å²) >= 11 is 2.71. The van der Waals surface area contributed by atoms with Crippen molar-refractivity contribution in [3.05, 3.63) is 80.2 Å². The van der Waals surface area contributed by atoms with Gasteiger partial charge in [-0.15, -0.1) is 23.5 Å². The second-order valence-electron chi connectivity index (χ2n) is 27.3. The van der Waals surface area contributed by atoms with Gasteiger partial charge in [0.25, 0.3) is 5.91 Å². The summed E-state index contributed by atoms with van der Waals surface area (Å²) < 4.78 is -1.65. The number of allylic oxidation sites excluding steroid dienone is 4. The molecular weight excluding hydrogens is 1210 g/mol. The zero-order chi connectivity index (χ0) is 67.3. The Morgan fingerprint density at radius 2 is 0.967 bits per heavy atom. The second-order valence-corrected chi connectivity index (χ2v) is 30.2. The molecular formula is C67H97N11O12S2. The molecule has 0 unspecified atom stereocenters. The molecule has 9 amide bonds. The standard InChI is InChI=1S/C67H97N11O12S2/c1-34(2)50-61(86)72-45(31-38-19-12-11-13-20-38)64(89)78-30-18-26-47(78)59(84)75-52(54(79)36(5)6)62(87)71-44(24-16-28-69)58(83)74-51(35(3)4)65(90)77-29-17-25-46(77)56(81)48-32-41-39-21-14-22-40(39)42-33-49(92-67(42,10)66(41,9)91-48)60(85)76-53(55(80)37(7)8)63(88)70-43(23-15-27-68)57(82)73-50/h11-13,19-20,32-37,43-47,50-55,79-80H,14-18,21-31,68-69H2,1-10H3,(H,70,88)(H,71,87)(H,72,86)(H,73,82)(H,74,83)(H,75,84)(H,76,85)/t43-,44-,45+,46+,47-,50-,51-,52-,53-,54+,55+,66-,67-/m0/s1. The molecule has 0 aromatic heterocycles. The molecule has 504 valence electrons. The number of benzene rings is 1. The number of nitrogens with zero attached hydrogens (tertiary/aromatic N) is 2. The van der Waals surface area contributed by atoms with E-state index >= 15 is 9.59 Å². The van der Waals surface area contributed by atoms with Crippen molar-refractivity contribution in [1.29, 1.82) is 0 Å². The molecule has 0 radical (unpaired) electrons. The molecule has 25 heteroatoms. The minimum atomic E-state index is -1.64. The lowest BCUT2D eigenvalue weighted by Crippen LogP contribution is -2.63.